The molecule has 1 aromatic carbocycles. The van der Waals surface area contributed by atoms with E-state index in [9.17, 15) is 9.59 Å². The molecule has 1 saturated heterocycles. The highest BCUT2D eigenvalue weighted by atomic mass is 16.7. The van der Waals surface area contributed by atoms with Gasteiger partial charge in [-0.05, 0) is 38.8 Å². The molecule has 0 spiro atoms. The summed E-state index contributed by atoms with van der Waals surface area (Å²) in [5.41, 5.74) is 2.49. The van der Waals surface area contributed by atoms with Crippen LogP contribution in [0.25, 0.3) is 11.0 Å². The first-order valence-corrected chi connectivity index (χ1v) is 8.49. The first kappa shape index (κ1) is 15.7. The molecule has 1 fully saturated rings. The van der Waals surface area contributed by atoms with Crippen LogP contribution in [-0.4, -0.2) is 40.3 Å². The third-order valence-electron chi connectivity index (χ3n) is 4.80. The number of nitrogens with one attached hydrogen (secondary N) is 3. The Balaban J connectivity index is 1.70. The Kier molecular flexibility index (Phi) is 3.55. The number of nitrogens with zero attached hydrogens (tertiary/aromatic N) is 2. The lowest BCUT2D eigenvalue weighted by atomic mass is 9.99. The molecule has 1 amide bonds. The summed E-state index contributed by atoms with van der Waals surface area (Å²) in [6.07, 6.45) is 2.69. The zero-order valence-corrected chi connectivity index (χ0v) is 14.3. The molecule has 4 rings (SSSR count). The standard InChI is InChI=1S/C17H21N5O3/c1-10-9-17(2,25-21-10)15(23)18-13-7-11-12(20-16(24)19-11)8-14(13)22-5-3-4-6-22/h7-8H,3-6,9H2,1-2H3,(H,18,23)(H2,19,20,24). The van der Waals surface area contributed by atoms with Crippen molar-refractivity contribution in [2.45, 2.75) is 38.7 Å². The number of oxime groups is 1. The summed E-state index contributed by atoms with van der Waals surface area (Å²) in [6.45, 7) is 5.43. The van der Waals surface area contributed by atoms with Gasteiger partial charge in [0.25, 0.3) is 5.91 Å². The maximum absolute atomic E-state index is 12.8. The van der Waals surface area contributed by atoms with Gasteiger partial charge in [0.1, 0.15) is 0 Å². The molecule has 1 unspecified atom stereocenters. The molecule has 25 heavy (non-hydrogen) atoms. The monoisotopic (exact) mass is 343 g/mol. The van der Waals surface area contributed by atoms with E-state index in [1.54, 1.807) is 13.0 Å². The van der Waals surface area contributed by atoms with Crippen molar-refractivity contribution < 1.29 is 9.63 Å². The van der Waals surface area contributed by atoms with E-state index in [2.05, 4.69) is 25.3 Å². The van der Waals surface area contributed by atoms with E-state index in [0.717, 1.165) is 42.8 Å². The van der Waals surface area contributed by atoms with Crippen LogP contribution in [0.4, 0.5) is 11.4 Å². The normalized spacial score (nSPS) is 23.0. The molecule has 2 aliphatic heterocycles. The summed E-state index contributed by atoms with van der Waals surface area (Å²) in [5.74, 6) is -0.245. The Labute approximate surface area is 144 Å². The Morgan fingerprint density at radius 2 is 1.96 bits per heavy atom. The zero-order valence-electron chi connectivity index (χ0n) is 14.3. The largest absolute Gasteiger partial charge is 0.379 e. The van der Waals surface area contributed by atoms with Crippen LogP contribution in [0.5, 0.6) is 0 Å². The van der Waals surface area contributed by atoms with Crippen molar-refractivity contribution in [3.05, 3.63) is 22.6 Å². The fourth-order valence-corrected chi connectivity index (χ4v) is 3.50. The second-order valence-electron chi connectivity index (χ2n) is 6.97. The topological polar surface area (TPSA) is 103 Å². The fourth-order valence-electron chi connectivity index (χ4n) is 3.50. The molecule has 3 N–H and O–H groups in total. The summed E-state index contributed by atoms with van der Waals surface area (Å²) in [6, 6.07) is 3.71. The van der Waals surface area contributed by atoms with Gasteiger partial charge in [0.15, 0.2) is 0 Å². The number of aromatic nitrogens is 2. The molecule has 1 aromatic heterocycles. The van der Waals surface area contributed by atoms with Gasteiger partial charge in [0, 0.05) is 19.5 Å². The number of imidazole rings is 1. The lowest BCUT2D eigenvalue weighted by molar-refractivity contribution is -0.135. The lowest BCUT2D eigenvalue weighted by Gasteiger charge is -2.25. The molecule has 0 bridgehead atoms. The van der Waals surface area contributed by atoms with Crippen LogP contribution in [0.1, 0.15) is 33.1 Å². The van der Waals surface area contributed by atoms with E-state index in [1.165, 1.54) is 0 Å². The SMILES string of the molecule is CC1=NOC(C)(C(=O)Nc2cc3[nH]c(=O)[nH]c3cc2N2CCCC2)C1. The molecular formula is C17H21N5O3. The van der Waals surface area contributed by atoms with Gasteiger partial charge in [0.05, 0.1) is 28.1 Å². The van der Waals surface area contributed by atoms with Crippen LogP contribution in [0, 0.1) is 0 Å². The van der Waals surface area contributed by atoms with E-state index in [-0.39, 0.29) is 11.6 Å². The predicted octanol–water partition coefficient (Wildman–Crippen LogP) is 1.95. The van der Waals surface area contributed by atoms with Gasteiger partial charge in [-0.2, -0.15) is 0 Å². The highest BCUT2D eigenvalue weighted by Crippen LogP contribution is 2.34. The number of aromatic amines is 2. The minimum atomic E-state index is -1.01. The van der Waals surface area contributed by atoms with Crippen LogP contribution in [0.15, 0.2) is 22.1 Å². The Morgan fingerprint density at radius 3 is 2.60 bits per heavy atom. The maximum atomic E-state index is 12.8. The van der Waals surface area contributed by atoms with Crippen molar-refractivity contribution in [2.24, 2.45) is 5.16 Å². The Morgan fingerprint density at radius 1 is 1.28 bits per heavy atom. The van der Waals surface area contributed by atoms with Crippen LogP contribution in [0.3, 0.4) is 0 Å². The Bertz CT molecular complexity index is 922. The van der Waals surface area contributed by atoms with Crippen molar-refractivity contribution in [3.8, 4) is 0 Å². The molecule has 2 aromatic rings. The second kappa shape index (κ2) is 5.65. The molecule has 0 radical (unpaired) electrons. The second-order valence-corrected chi connectivity index (χ2v) is 6.97. The van der Waals surface area contributed by atoms with Crippen molar-refractivity contribution in [2.75, 3.05) is 23.3 Å². The molecular weight excluding hydrogens is 322 g/mol. The zero-order chi connectivity index (χ0) is 17.6. The highest BCUT2D eigenvalue weighted by Gasteiger charge is 2.41. The number of H-pyrrole nitrogens is 2. The first-order valence-electron chi connectivity index (χ1n) is 8.49. The number of carbonyl (C=O) groups is 1. The lowest BCUT2D eigenvalue weighted by Crippen LogP contribution is -2.40. The number of rotatable bonds is 3. The number of anilines is 2. The van der Waals surface area contributed by atoms with Crippen molar-refractivity contribution in [3.63, 3.8) is 0 Å². The van der Waals surface area contributed by atoms with Gasteiger partial charge in [0.2, 0.25) is 5.60 Å². The van der Waals surface area contributed by atoms with E-state index in [4.69, 9.17) is 4.84 Å². The number of benzene rings is 1. The molecule has 0 aliphatic carbocycles. The van der Waals surface area contributed by atoms with Crippen molar-refractivity contribution in [1.82, 2.24) is 9.97 Å². The summed E-state index contributed by atoms with van der Waals surface area (Å²) in [7, 11) is 0. The maximum Gasteiger partial charge on any atom is 0.323 e. The number of carbonyl (C=O) groups excluding carboxylic acids is 1. The number of hydrogen-bond acceptors (Lipinski definition) is 5. The molecule has 2 aliphatic rings. The van der Waals surface area contributed by atoms with E-state index in [1.807, 2.05) is 13.0 Å². The van der Waals surface area contributed by atoms with Gasteiger partial charge < -0.3 is 25.0 Å². The number of amides is 1. The van der Waals surface area contributed by atoms with Crippen LogP contribution >= 0.6 is 0 Å². The molecule has 0 saturated carbocycles. The quantitative estimate of drug-likeness (QED) is 0.792. The summed E-state index contributed by atoms with van der Waals surface area (Å²) < 4.78 is 0. The highest BCUT2D eigenvalue weighted by molar-refractivity contribution is 6.04. The van der Waals surface area contributed by atoms with Gasteiger partial charge in [-0.3, -0.25) is 4.79 Å². The summed E-state index contributed by atoms with van der Waals surface area (Å²) in [4.78, 5) is 37.5. The third-order valence-corrected chi connectivity index (χ3v) is 4.80. The fraction of sp³-hybridized carbons (Fsp3) is 0.471. The van der Waals surface area contributed by atoms with Gasteiger partial charge in [-0.15, -0.1) is 0 Å². The van der Waals surface area contributed by atoms with E-state index in [0.29, 0.717) is 17.6 Å². The minimum absolute atomic E-state index is 0.245. The average molecular weight is 343 g/mol. The smallest absolute Gasteiger partial charge is 0.323 e. The molecule has 3 heterocycles. The molecule has 132 valence electrons. The van der Waals surface area contributed by atoms with Crippen LogP contribution < -0.4 is 15.9 Å². The van der Waals surface area contributed by atoms with Crippen LogP contribution in [0.2, 0.25) is 0 Å². The third kappa shape index (κ3) is 2.77. The first-order chi connectivity index (χ1) is 11.9. The summed E-state index contributed by atoms with van der Waals surface area (Å²) >= 11 is 0. The average Bonchev–Trinajstić information content (AvgIpc) is 3.26. The van der Waals surface area contributed by atoms with E-state index >= 15 is 0 Å². The predicted molar refractivity (Wildman–Crippen MR) is 96.2 cm³/mol. The van der Waals surface area contributed by atoms with Crippen LogP contribution in [-0.2, 0) is 9.63 Å². The Hall–Kier alpha value is -2.77. The van der Waals surface area contributed by atoms with Crippen molar-refractivity contribution >= 4 is 34.0 Å². The molecule has 8 heteroatoms. The van der Waals surface area contributed by atoms with Gasteiger partial charge in [-0.25, -0.2) is 4.79 Å². The number of hydrogen-bond donors (Lipinski definition) is 3. The summed E-state index contributed by atoms with van der Waals surface area (Å²) in [5, 5.41) is 6.88. The van der Waals surface area contributed by atoms with Gasteiger partial charge in [-0.1, -0.05) is 5.16 Å². The molecule has 8 nitrogen and oxygen atoms in total. The van der Waals surface area contributed by atoms with Crippen molar-refractivity contribution in [1.29, 1.82) is 0 Å². The van der Waals surface area contributed by atoms with Gasteiger partial charge >= 0.3 is 5.69 Å². The molecule has 1 atom stereocenters. The van der Waals surface area contributed by atoms with E-state index < -0.39 is 5.60 Å². The number of fused-ring (bicyclic) bond motifs is 1. The minimum Gasteiger partial charge on any atom is -0.379 e.